The van der Waals surface area contributed by atoms with Gasteiger partial charge in [0, 0.05) is 135 Å². The van der Waals surface area contributed by atoms with Gasteiger partial charge in [-0.2, -0.15) is 0 Å². The number of hydrogen-bond acceptors (Lipinski definition) is 12. The molecule has 0 unspecified atom stereocenters. The SMILES string of the molecule is c1ccc(-c2ccc3ccc4ccc(-c5ccc(-c6ccc7cc(-c8ccc9nc(-c%10cc%11cccnc%11c%11ncccc%10%11)ccc9c8)ccc7n6)cc5)nc4c3n2)cc1.c1cnc2c(c1)ccc1ccc(-c3ccc(-c4ccc5cc(-c6ccc7nc(-c8cc9cccnc9c9ncccc89)ccc7c6)ccc5n4)cc3)nc12. The Kier molecular flexibility index (Phi) is 15.6. The van der Waals surface area contributed by atoms with E-state index in [4.69, 9.17) is 34.9 Å². The molecule has 0 radical (unpaired) electrons. The number of hydrogen-bond donors (Lipinski definition) is 0. The van der Waals surface area contributed by atoms with Gasteiger partial charge in [0.15, 0.2) is 0 Å². The van der Waals surface area contributed by atoms with Gasteiger partial charge in [-0.05, 0) is 156 Å². The molecule has 12 aromatic heterocycles. The van der Waals surface area contributed by atoms with E-state index in [0.717, 1.165) is 232 Å². The van der Waals surface area contributed by atoms with Gasteiger partial charge in [-0.3, -0.25) is 24.9 Å². The molecule has 0 aliphatic rings. The zero-order chi connectivity index (χ0) is 75.2. The molecule has 12 heteroatoms. The second-order valence-electron chi connectivity index (χ2n) is 28.7. The number of nitrogens with zero attached hydrogens (tertiary/aromatic N) is 12. The van der Waals surface area contributed by atoms with Gasteiger partial charge in [0.25, 0.3) is 0 Å². The van der Waals surface area contributed by atoms with Crippen LogP contribution in [-0.4, -0.2) is 59.8 Å². The quantitative estimate of drug-likeness (QED) is 0.126. The molecule has 12 heterocycles. The van der Waals surface area contributed by atoms with Crippen LogP contribution >= 0.6 is 0 Å². The van der Waals surface area contributed by atoms with Crippen LogP contribution < -0.4 is 0 Å². The minimum Gasteiger partial charge on any atom is -0.254 e. The molecule has 23 aromatic rings. The Labute approximate surface area is 652 Å². The van der Waals surface area contributed by atoms with E-state index in [-0.39, 0.29) is 0 Å². The van der Waals surface area contributed by atoms with Gasteiger partial charge in [-0.1, -0.05) is 200 Å². The van der Waals surface area contributed by atoms with Gasteiger partial charge in [-0.25, -0.2) is 34.9 Å². The van der Waals surface area contributed by atoms with Gasteiger partial charge >= 0.3 is 0 Å². The summed E-state index contributed by atoms with van der Waals surface area (Å²) in [5, 5.41) is 12.8. The van der Waals surface area contributed by atoms with Crippen LogP contribution in [0.3, 0.4) is 0 Å². The number of benzene rings is 11. The average Bonchev–Trinajstić information content (AvgIpc) is 0.763. The Morgan fingerprint density at radius 1 is 0.140 bits per heavy atom. The highest BCUT2D eigenvalue weighted by molar-refractivity contribution is 6.12. The summed E-state index contributed by atoms with van der Waals surface area (Å²) in [6, 6.07) is 116. The molecule has 0 N–H and O–H groups in total. The van der Waals surface area contributed by atoms with Crippen molar-refractivity contribution < 1.29 is 0 Å². The van der Waals surface area contributed by atoms with Crippen LogP contribution in [0.4, 0.5) is 0 Å². The molecule has 0 fully saturated rings. The lowest BCUT2D eigenvalue weighted by molar-refractivity contribution is 1.36. The summed E-state index contributed by atoms with van der Waals surface area (Å²) in [6.45, 7) is 0. The molecule has 0 aliphatic heterocycles. The fourth-order valence-corrected chi connectivity index (χ4v) is 16.0. The van der Waals surface area contributed by atoms with E-state index >= 15 is 0 Å². The van der Waals surface area contributed by atoms with Crippen molar-refractivity contribution in [1.82, 2.24) is 59.8 Å². The van der Waals surface area contributed by atoms with E-state index in [1.807, 2.05) is 79.5 Å². The normalized spacial score (nSPS) is 11.7. The summed E-state index contributed by atoms with van der Waals surface area (Å²) >= 11 is 0. The Morgan fingerprint density at radius 2 is 0.395 bits per heavy atom. The van der Waals surface area contributed by atoms with E-state index in [2.05, 4.69) is 310 Å². The molecule has 0 amide bonds. The van der Waals surface area contributed by atoms with E-state index in [1.165, 1.54) is 0 Å². The van der Waals surface area contributed by atoms with Gasteiger partial charge in [0.2, 0.25) is 0 Å². The van der Waals surface area contributed by atoms with E-state index < -0.39 is 0 Å². The van der Waals surface area contributed by atoms with Crippen molar-refractivity contribution in [2.24, 2.45) is 0 Å². The monoisotopic (exact) mass is 1450 g/mol. The highest BCUT2D eigenvalue weighted by Crippen LogP contribution is 2.39. The molecule has 0 atom stereocenters. The Morgan fingerprint density at radius 3 is 0.763 bits per heavy atom. The second kappa shape index (κ2) is 27.2. The van der Waals surface area contributed by atoms with Crippen molar-refractivity contribution in [2.45, 2.75) is 0 Å². The van der Waals surface area contributed by atoms with Gasteiger partial charge < -0.3 is 0 Å². The molecule has 0 saturated heterocycles. The largest absolute Gasteiger partial charge is 0.254 e. The van der Waals surface area contributed by atoms with Crippen LogP contribution in [-0.2, 0) is 0 Å². The summed E-state index contributed by atoms with van der Waals surface area (Å²) < 4.78 is 0. The molecule has 528 valence electrons. The van der Waals surface area contributed by atoms with E-state index in [9.17, 15) is 0 Å². The van der Waals surface area contributed by atoms with Crippen molar-refractivity contribution in [3.63, 3.8) is 0 Å². The molecule has 23 rings (SSSR count). The maximum Gasteiger partial charge on any atom is 0.0972 e. The molecule has 0 aliphatic carbocycles. The molecule has 12 nitrogen and oxygen atoms in total. The highest BCUT2D eigenvalue weighted by Gasteiger charge is 2.18. The van der Waals surface area contributed by atoms with E-state index in [1.54, 1.807) is 0 Å². The maximum atomic E-state index is 5.15. The van der Waals surface area contributed by atoms with E-state index in [0.29, 0.717) is 0 Å². The average molecular weight is 1450 g/mol. The van der Waals surface area contributed by atoms with Crippen molar-refractivity contribution >= 4 is 131 Å². The molecular weight excluding hydrogens is 1390 g/mol. The lowest BCUT2D eigenvalue weighted by Gasteiger charge is -2.11. The minimum atomic E-state index is 0.888. The van der Waals surface area contributed by atoms with Crippen molar-refractivity contribution in [2.75, 3.05) is 0 Å². The Balaban J connectivity index is 0.000000140. The molecule has 0 saturated carbocycles. The number of aromatic nitrogens is 12. The van der Waals surface area contributed by atoms with Crippen LogP contribution in [0.25, 0.3) is 232 Å². The number of pyridine rings is 12. The summed E-state index contributed by atoms with van der Waals surface area (Å²) in [4.78, 5) is 58.8. The topological polar surface area (TPSA) is 155 Å². The highest BCUT2D eigenvalue weighted by atomic mass is 14.8. The molecule has 0 spiro atoms. The molecule has 0 bridgehead atoms. The second-order valence-corrected chi connectivity index (χ2v) is 28.7. The van der Waals surface area contributed by atoms with Crippen molar-refractivity contribution in [1.29, 1.82) is 0 Å². The van der Waals surface area contributed by atoms with Gasteiger partial charge in [0.05, 0.1) is 106 Å². The first-order chi connectivity index (χ1) is 56.4. The zero-order valence-electron chi connectivity index (χ0n) is 61.0. The van der Waals surface area contributed by atoms with Crippen LogP contribution in [0, 0.1) is 0 Å². The number of rotatable bonds is 9. The summed E-state index contributed by atoms with van der Waals surface area (Å²) in [6.07, 6.45) is 9.10. The summed E-state index contributed by atoms with van der Waals surface area (Å²) in [7, 11) is 0. The molecule has 11 aromatic carbocycles. The van der Waals surface area contributed by atoms with Gasteiger partial charge in [0.1, 0.15) is 0 Å². The first-order valence-corrected chi connectivity index (χ1v) is 37.9. The summed E-state index contributed by atoms with van der Waals surface area (Å²) in [5.74, 6) is 0. The number of fused-ring (bicyclic) bond motifs is 16. The smallest absolute Gasteiger partial charge is 0.0972 e. The van der Waals surface area contributed by atoms with Crippen LogP contribution in [0.1, 0.15) is 0 Å². The lowest BCUT2D eigenvalue weighted by Crippen LogP contribution is -1.91. The maximum absolute atomic E-state index is 5.15. The third-order valence-electron chi connectivity index (χ3n) is 21.9. The predicted octanol–water partition coefficient (Wildman–Crippen LogP) is 25.0. The predicted molar refractivity (Wildman–Crippen MR) is 465 cm³/mol. The first-order valence-electron chi connectivity index (χ1n) is 37.9. The summed E-state index contributed by atoms with van der Waals surface area (Å²) in [5.41, 5.74) is 29.4. The van der Waals surface area contributed by atoms with Crippen LogP contribution in [0.15, 0.2) is 365 Å². The first kappa shape index (κ1) is 65.4. The fourth-order valence-electron chi connectivity index (χ4n) is 16.0. The lowest BCUT2D eigenvalue weighted by atomic mass is 9.99. The Hall–Kier alpha value is -15.7. The third-order valence-corrected chi connectivity index (χ3v) is 21.9. The third kappa shape index (κ3) is 11.8. The zero-order valence-corrected chi connectivity index (χ0v) is 61.0. The standard InChI is InChI=1S/C54H32N6.C48H28N6/c1-2-6-33(7-3-1)46-22-16-36-14-15-37-17-23-47(60-53(37)52(36)59-46)35-12-10-34(11-13-35)45-26-20-40-30-38(18-24-48(40)57-45)39-19-25-49-41(31-39)21-27-50(58-49)44-32-42-8-4-28-55-51(42)54-43(44)9-5-29-56-54;1-4-31-11-12-32-13-18-41(54-47(32)45(31)49-23-1)30-9-7-29(8-10-30)40-21-16-35-26-33(14-19-42(35)52-40)34-15-20-43-36(27-34)17-22-44(53-43)39-28-37-5-2-24-50-46(37)48-38(39)6-3-25-51-48/h1-32H;1-28H. The van der Waals surface area contributed by atoms with Crippen LogP contribution in [0.5, 0.6) is 0 Å². The van der Waals surface area contributed by atoms with Crippen LogP contribution in [0.2, 0.25) is 0 Å². The minimum absolute atomic E-state index is 0.888. The fraction of sp³-hybridized carbons (Fsp3) is 0. The van der Waals surface area contributed by atoms with Crippen molar-refractivity contribution in [3.8, 4) is 101 Å². The molecule has 114 heavy (non-hydrogen) atoms. The van der Waals surface area contributed by atoms with Gasteiger partial charge in [-0.15, -0.1) is 0 Å². The molecular formula is C102H60N12. The Bertz CT molecular complexity index is 7870. The van der Waals surface area contributed by atoms with Crippen molar-refractivity contribution in [3.05, 3.63) is 365 Å².